The van der Waals surface area contributed by atoms with Crippen molar-refractivity contribution in [3.8, 4) is 0 Å². The lowest BCUT2D eigenvalue weighted by molar-refractivity contribution is -0.157. The molecule has 1 aliphatic heterocycles. The van der Waals surface area contributed by atoms with Crippen LogP contribution < -0.4 is 5.32 Å². The Kier molecular flexibility index (Phi) is 5.89. The molecule has 0 spiro atoms. The van der Waals surface area contributed by atoms with E-state index < -0.39 is 24.5 Å². The highest BCUT2D eigenvalue weighted by Gasteiger charge is 2.41. The van der Waals surface area contributed by atoms with Gasteiger partial charge in [-0.15, -0.1) is 0 Å². The highest BCUT2D eigenvalue weighted by atomic mass is 19.4. The van der Waals surface area contributed by atoms with Crippen molar-refractivity contribution in [1.29, 1.82) is 0 Å². The average molecular weight is 336 g/mol. The highest BCUT2D eigenvalue weighted by Crippen LogP contribution is 2.26. The van der Waals surface area contributed by atoms with E-state index in [9.17, 15) is 27.9 Å². The van der Waals surface area contributed by atoms with Crippen molar-refractivity contribution < 1.29 is 27.9 Å². The molecule has 1 aliphatic carbocycles. The van der Waals surface area contributed by atoms with E-state index in [0.717, 1.165) is 32.1 Å². The van der Waals surface area contributed by atoms with Crippen molar-refractivity contribution in [2.75, 3.05) is 19.7 Å². The Morgan fingerprint density at radius 3 is 2.61 bits per heavy atom. The Labute approximate surface area is 133 Å². The maximum Gasteiger partial charge on any atom is 0.406 e. The molecule has 1 saturated carbocycles. The van der Waals surface area contributed by atoms with Gasteiger partial charge >= 0.3 is 6.18 Å². The maximum atomic E-state index is 12.4. The van der Waals surface area contributed by atoms with Crippen LogP contribution in [0.25, 0.3) is 0 Å². The second kappa shape index (κ2) is 7.51. The first-order valence-electron chi connectivity index (χ1n) is 8.06. The Balaban J connectivity index is 1.91. The molecule has 8 heteroatoms. The molecular formula is C15H23F3N2O3. The molecule has 2 rings (SSSR count). The average Bonchev–Trinajstić information content (AvgIpc) is 2.69. The minimum Gasteiger partial charge on any atom is -0.396 e. The molecule has 2 amide bonds. The normalized spacial score (nSPS) is 29.5. The quantitative estimate of drug-likeness (QED) is 0.764. The number of carbonyl (C=O) groups is 2. The largest absolute Gasteiger partial charge is 0.406 e. The third-order valence-electron chi connectivity index (χ3n) is 4.68. The van der Waals surface area contributed by atoms with Gasteiger partial charge in [0.25, 0.3) is 0 Å². The molecule has 3 unspecified atom stereocenters. The second-order valence-electron chi connectivity index (χ2n) is 6.49. The van der Waals surface area contributed by atoms with Crippen molar-refractivity contribution in [2.45, 2.75) is 50.7 Å². The van der Waals surface area contributed by atoms with E-state index >= 15 is 0 Å². The molecule has 5 nitrogen and oxygen atoms in total. The van der Waals surface area contributed by atoms with Gasteiger partial charge in [-0.25, -0.2) is 0 Å². The van der Waals surface area contributed by atoms with Gasteiger partial charge in [-0.1, -0.05) is 19.3 Å². The number of carbonyl (C=O) groups excluding carboxylic acids is 2. The summed E-state index contributed by atoms with van der Waals surface area (Å²) in [5.74, 6) is -1.78. The van der Waals surface area contributed by atoms with Crippen molar-refractivity contribution >= 4 is 11.8 Å². The van der Waals surface area contributed by atoms with E-state index in [0.29, 0.717) is 4.90 Å². The van der Waals surface area contributed by atoms with Crippen LogP contribution in [0.3, 0.4) is 0 Å². The number of amides is 2. The van der Waals surface area contributed by atoms with Gasteiger partial charge in [0.1, 0.15) is 6.54 Å². The zero-order valence-corrected chi connectivity index (χ0v) is 12.9. The predicted octanol–water partition coefficient (Wildman–Crippen LogP) is 1.45. The summed E-state index contributed by atoms with van der Waals surface area (Å²) in [7, 11) is 0. The Morgan fingerprint density at radius 1 is 1.26 bits per heavy atom. The number of likely N-dealkylation sites (tertiary alicyclic amines) is 1. The third-order valence-corrected chi connectivity index (χ3v) is 4.68. The van der Waals surface area contributed by atoms with Crippen LogP contribution in [0.1, 0.15) is 38.5 Å². The van der Waals surface area contributed by atoms with Gasteiger partial charge in [-0.05, 0) is 12.8 Å². The molecule has 0 radical (unpaired) electrons. The summed E-state index contributed by atoms with van der Waals surface area (Å²) in [6.45, 7) is -1.52. The Hall–Kier alpha value is -1.31. The van der Waals surface area contributed by atoms with E-state index in [1.165, 1.54) is 0 Å². The summed E-state index contributed by atoms with van der Waals surface area (Å²) in [5, 5.41) is 12.3. The van der Waals surface area contributed by atoms with Crippen LogP contribution in [-0.4, -0.2) is 53.7 Å². The summed E-state index contributed by atoms with van der Waals surface area (Å²) in [5.41, 5.74) is 0. The summed E-state index contributed by atoms with van der Waals surface area (Å²) in [6.07, 6.45) is -0.0634. The van der Waals surface area contributed by atoms with Gasteiger partial charge in [0.15, 0.2) is 0 Å². The molecule has 0 aromatic carbocycles. The van der Waals surface area contributed by atoms with Gasteiger partial charge < -0.3 is 15.3 Å². The first-order chi connectivity index (χ1) is 10.8. The van der Waals surface area contributed by atoms with Crippen molar-refractivity contribution in [3.63, 3.8) is 0 Å². The summed E-state index contributed by atoms with van der Waals surface area (Å²) in [6, 6.07) is -0.165. The van der Waals surface area contributed by atoms with Gasteiger partial charge in [0.05, 0.1) is 5.92 Å². The molecule has 23 heavy (non-hydrogen) atoms. The maximum absolute atomic E-state index is 12.4. The third kappa shape index (κ3) is 5.09. The van der Waals surface area contributed by atoms with Crippen LogP contribution in [0.2, 0.25) is 0 Å². The van der Waals surface area contributed by atoms with E-state index in [1.807, 2.05) is 0 Å². The lowest BCUT2D eigenvalue weighted by atomic mass is 9.94. The topological polar surface area (TPSA) is 69.6 Å². The number of nitrogens with one attached hydrogen (secondary N) is 1. The molecule has 132 valence electrons. The predicted molar refractivity (Wildman–Crippen MR) is 76.3 cm³/mol. The molecule has 0 bridgehead atoms. The van der Waals surface area contributed by atoms with Crippen LogP contribution in [0.15, 0.2) is 0 Å². The molecule has 0 aromatic heterocycles. The van der Waals surface area contributed by atoms with Crippen LogP contribution in [0.5, 0.6) is 0 Å². The molecule has 1 saturated heterocycles. The lowest BCUT2D eigenvalue weighted by Gasteiger charge is -2.26. The van der Waals surface area contributed by atoms with Gasteiger partial charge in [0, 0.05) is 31.5 Å². The van der Waals surface area contributed by atoms with E-state index in [4.69, 9.17) is 0 Å². The van der Waals surface area contributed by atoms with Crippen LogP contribution in [0.4, 0.5) is 13.2 Å². The number of hydrogen-bond acceptors (Lipinski definition) is 3. The molecule has 0 aromatic rings. The Morgan fingerprint density at radius 2 is 1.96 bits per heavy atom. The van der Waals surface area contributed by atoms with E-state index in [1.54, 1.807) is 0 Å². The zero-order valence-electron chi connectivity index (χ0n) is 12.9. The summed E-state index contributed by atoms with van der Waals surface area (Å²) < 4.78 is 37.2. The number of alkyl halides is 3. The summed E-state index contributed by atoms with van der Waals surface area (Å²) >= 11 is 0. The first-order valence-corrected chi connectivity index (χ1v) is 8.06. The second-order valence-corrected chi connectivity index (χ2v) is 6.49. The standard InChI is InChI=1S/C15H23F3N2O3/c16-15(17,18)9-20-7-11(6-13(20)22)14(23)19-12-5-3-1-2-4-10(12)8-21/h10-12,21H,1-9H2,(H,19,23). The number of aliphatic hydroxyl groups excluding tert-OH is 1. The van der Waals surface area contributed by atoms with E-state index in [2.05, 4.69) is 5.32 Å². The molecule has 2 fully saturated rings. The fourth-order valence-corrected chi connectivity index (χ4v) is 3.41. The molecule has 2 aliphatic rings. The van der Waals surface area contributed by atoms with Crippen LogP contribution in [0, 0.1) is 11.8 Å². The number of rotatable bonds is 4. The van der Waals surface area contributed by atoms with Gasteiger partial charge in [0.2, 0.25) is 11.8 Å². The van der Waals surface area contributed by atoms with Gasteiger partial charge in [-0.2, -0.15) is 13.2 Å². The van der Waals surface area contributed by atoms with Gasteiger partial charge in [-0.3, -0.25) is 9.59 Å². The number of nitrogens with zero attached hydrogens (tertiary/aromatic N) is 1. The minimum absolute atomic E-state index is 0.0191. The molecule has 3 atom stereocenters. The first kappa shape index (κ1) is 18.0. The van der Waals surface area contributed by atoms with E-state index in [-0.39, 0.29) is 37.4 Å². The number of hydrogen-bond donors (Lipinski definition) is 2. The van der Waals surface area contributed by atoms with Crippen LogP contribution in [-0.2, 0) is 9.59 Å². The monoisotopic (exact) mass is 336 g/mol. The molecule has 1 heterocycles. The van der Waals surface area contributed by atoms with Crippen molar-refractivity contribution in [2.24, 2.45) is 11.8 Å². The molecular weight excluding hydrogens is 313 g/mol. The van der Waals surface area contributed by atoms with Crippen molar-refractivity contribution in [3.05, 3.63) is 0 Å². The molecule has 2 N–H and O–H groups in total. The lowest BCUT2D eigenvalue weighted by Crippen LogP contribution is -2.44. The smallest absolute Gasteiger partial charge is 0.396 e. The SMILES string of the molecule is O=C(NC1CCCCCC1CO)C1CC(=O)N(CC(F)(F)F)C1. The zero-order chi connectivity index (χ0) is 17.0. The van der Waals surface area contributed by atoms with Crippen LogP contribution >= 0.6 is 0 Å². The van der Waals surface area contributed by atoms with Crippen molar-refractivity contribution in [1.82, 2.24) is 10.2 Å². The fourth-order valence-electron chi connectivity index (χ4n) is 3.41. The highest BCUT2D eigenvalue weighted by molar-refractivity contribution is 5.89. The minimum atomic E-state index is -4.45. The number of aliphatic hydroxyl groups is 1. The number of halogens is 3. The summed E-state index contributed by atoms with van der Waals surface area (Å²) in [4.78, 5) is 24.6. The fraction of sp³-hybridized carbons (Fsp3) is 0.867. The Bertz CT molecular complexity index is 442.